The lowest BCUT2D eigenvalue weighted by Crippen LogP contribution is -2.29. The van der Waals surface area contributed by atoms with Crippen molar-refractivity contribution in [2.45, 2.75) is 0 Å². The summed E-state index contributed by atoms with van der Waals surface area (Å²) in [7, 11) is 9.57. The molecule has 3 heterocycles. The third-order valence-electron chi connectivity index (χ3n) is 5.96. The molecule has 3 aromatic heterocycles. The fraction of sp³-hybridized carbons (Fsp3) is 0.259. The highest BCUT2D eigenvalue weighted by atomic mass is 16.5. The van der Waals surface area contributed by atoms with E-state index in [1.54, 1.807) is 19.5 Å². The van der Waals surface area contributed by atoms with Crippen molar-refractivity contribution in [2.24, 2.45) is 7.05 Å². The Morgan fingerprint density at radius 2 is 1.95 bits per heavy atom. The molecule has 1 amide bonds. The van der Waals surface area contributed by atoms with Crippen LogP contribution in [0.3, 0.4) is 0 Å². The number of likely N-dealkylation sites (N-methyl/N-ethyl adjacent to an activating group) is 2. The molecule has 0 radical (unpaired) electrons. The zero-order chi connectivity index (χ0) is 26.5. The molecule has 1 aromatic carbocycles. The summed E-state index contributed by atoms with van der Waals surface area (Å²) in [6.45, 7) is 5.17. The Morgan fingerprint density at radius 1 is 1.14 bits per heavy atom. The summed E-state index contributed by atoms with van der Waals surface area (Å²) >= 11 is 0. The van der Waals surface area contributed by atoms with Gasteiger partial charge in [0.25, 0.3) is 0 Å². The van der Waals surface area contributed by atoms with Gasteiger partial charge in [-0.15, -0.1) is 0 Å². The van der Waals surface area contributed by atoms with Crippen LogP contribution in [0, 0.1) is 0 Å². The lowest BCUT2D eigenvalue weighted by Gasteiger charge is -2.26. The maximum atomic E-state index is 12.2. The Morgan fingerprint density at radius 3 is 2.68 bits per heavy atom. The minimum atomic E-state index is -0.305. The van der Waals surface area contributed by atoms with E-state index < -0.39 is 0 Å². The van der Waals surface area contributed by atoms with Gasteiger partial charge in [0, 0.05) is 62.8 Å². The zero-order valence-electron chi connectivity index (χ0n) is 21.8. The molecule has 37 heavy (non-hydrogen) atoms. The number of carbonyl (C=O) groups is 1. The maximum Gasteiger partial charge on any atom is 0.247 e. The number of hydrogen-bond donors (Lipinski definition) is 2. The Kier molecular flexibility index (Phi) is 7.69. The van der Waals surface area contributed by atoms with Gasteiger partial charge in [0.05, 0.1) is 29.9 Å². The van der Waals surface area contributed by atoms with E-state index in [2.05, 4.69) is 43.0 Å². The predicted octanol–water partition coefficient (Wildman–Crippen LogP) is 3.90. The Labute approximate surface area is 216 Å². The van der Waals surface area contributed by atoms with Crippen LogP contribution in [-0.4, -0.2) is 71.7 Å². The summed E-state index contributed by atoms with van der Waals surface area (Å²) in [5.41, 5.74) is 4.56. The quantitative estimate of drug-likeness (QED) is 0.316. The SMILES string of the molecule is C=CC(=O)Nc1cc(Nc2nccc(-c3cnc4c(ccn4C)c3)n2)c(OC)cc1N(C)CCN(C)C. The molecule has 0 saturated heterocycles. The van der Waals surface area contributed by atoms with Crippen molar-refractivity contribution >= 4 is 40.0 Å². The molecule has 0 spiro atoms. The summed E-state index contributed by atoms with van der Waals surface area (Å²) in [4.78, 5) is 30.0. The standard InChI is InChI=1S/C27H32N8O2/c1-7-25(36)30-21-15-22(24(37-6)16-23(21)34(4)13-12-33(2)3)32-27-28-10-8-20(31-27)19-14-18-9-11-35(5)26(18)29-17-19/h7-11,14-17H,1,12-13H2,2-6H3,(H,30,36)(H,28,31,32). The molecule has 0 saturated carbocycles. The largest absolute Gasteiger partial charge is 0.494 e. The van der Waals surface area contributed by atoms with Gasteiger partial charge >= 0.3 is 0 Å². The molecular formula is C27H32N8O2. The van der Waals surface area contributed by atoms with E-state index in [1.807, 2.05) is 63.2 Å². The van der Waals surface area contributed by atoms with Crippen molar-refractivity contribution in [1.82, 2.24) is 24.4 Å². The number of nitrogens with one attached hydrogen (secondary N) is 2. The number of rotatable bonds is 10. The number of benzene rings is 1. The van der Waals surface area contributed by atoms with E-state index in [0.717, 1.165) is 41.1 Å². The van der Waals surface area contributed by atoms with Crippen LogP contribution in [0.2, 0.25) is 0 Å². The number of anilines is 4. The lowest BCUT2D eigenvalue weighted by molar-refractivity contribution is -0.111. The number of aromatic nitrogens is 4. The number of ether oxygens (including phenoxy) is 1. The molecule has 4 aromatic rings. The molecular weight excluding hydrogens is 468 g/mol. The van der Waals surface area contributed by atoms with Gasteiger partial charge < -0.3 is 29.7 Å². The molecule has 0 aliphatic heterocycles. The van der Waals surface area contributed by atoms with Crippen molar-refractivity contribution in [3.8, 4) is 17.0 Å². The topological polar surface area (TPSA) is 100 Å². The van der Waals surface area contributed by atoms with Crippen LogP contribution < -0.4 is 20.3 Å². The van der Waals surface area contributed by atoms with Gasteiger partial charge in [0.2, 0.25) is 11.9 Å². The fourth-order valence-corrected chi connectivity index (χ4v) is 3.90. The molecule has 2 N–H and O–H groups in total. The molecule has 0 aliphatic carbocycles. The van der Waals surface area contributed by atoms with E-state index in [4.69, 9.17) is 9.72 Å². The van der Waals surface area contributed by atoms with E-state index in [9.17, 15) is 4.79 Å². The molecule has 10 heteroatoms. The zero-order valence-corrected chi connectivity index (χ0v) is 21.8. The van der Waals surface area contributed by atoms with E-state index in [-0.39, 0.29) is 5.91 Å². The Balaban J connectivity index is 1.67. The number of amides is 1. The first-order valence-corrected chi connectivity index (χ1v) is 11.8. The summed E-state index contributed by atoms with van der Waals surface area (Å²) in [5, 5.41) is 7.18. The second kappa shape index (κ2) is 11.1. The van der Waals surface area contributed by atoms with Crippen LogP contribution >= 0.6 is 0 Å². The highest BCUT2D eigenvalue weighted by Gasteiger charge is 2.17. The van der Waals surface area contributed by atoms with Crippen LogP contribution in [0.25, 0.3) is 22.3 Å². The van der Waals surface area contributed by atoms with Gasteiger partial charge in [-0.1, -0.05) is 6.58 Å². The molecule has 0 unspecified atom stereocenters. The number of carbonyl (C=O) groups excluding carboxylic acids is 1. The second-order valence-corrected chi connectivity index (χ2v) is 8.94. The van der Waals surface area contributed by atoms with Crippen molar-refractivity contribution < 1.29 is 9.53 Å². The van der Waals surface area contributed by atoms with Crippen molar-refractivity contribution in [2.75, 3.05) is 56.9 Å². The number of nitrogens with zero attached hydrogens (tertiary/aromatic N) is 6. The number of methoxy groups -OCH3 is 1. The normalized spacial score (nSPS) is 11.0. The maximum absolute atomic E-state index is 12.2. The van der Waals surface area contributed by atoms with Gasteiger partial charge in [-0.05, 0) is 44.4 Å². The second-order valence-electron chi connectivity index (χ2n) is 8.94. The molecule has 4 rings (SSSR count). The van der Waals surface area contributed by atoms with E-state index >= 15 is 0 Å². The van der Waals surface area contributed by atoms with Gasteiger partial charge in [-0.25, -0.2) is 15.0 Å². The molecule has 0 aliphatic rings. The molecule has 0 atom stereocenters. The Hall–Kier alpha value is -4.44. The third kappa shape index (κ3) is 5.87. The van der Waals surface area contributed by atoms with Crippen LogP contribution in [0.5, 0.6) is 5.75 Å². The minimum Gasteiger partial charge on any atom is -0.494 e. The molecule has 192 valence electrons. The van der Waals surface area contributed by atoms with E-state index in [1.165, 1.54) is 6.08 Å². The highest BCUT2D eigenvalue weighted by Crippen LogP contribution is 2.38. The molecule has 10 nitrogen and oxygen atoms in total. The third-order valence-corrected chi connectivity index (χ3v) is 5.96. The summed E-state index contributed by atoms with van der Waals surface area (Å²) in [5.74, 6) is 0.670. The first kappa shape index (κ1) is 25.6. The highest BCUT2D eigenvalue weighted by molar-refractivity contribution is 6.02. The van der Waals surface area contributed by atoms with Crippen LogP contribution in [-0.2, 0) is 11.8 Å². The van der Waals surface area contributed by atoms with Crippen LogP contribution in [0.15, 0.2) is 61.6 Å². The monoisotopic (exact) mass is 500 g/mol. The predicted molar refractivity (Wildman–Crippen MR) is 149 cm³/mol. The van der Waals surface area contributed by atoms with Gasteiger partial charge in [0.1, 0.15) is 11.4 Å². The van der Waals surface area contributed by atoms with Crippen LogP contribution in [0.4, 0.5) is 23.0 Å². The minimum absolute atomic E-state index is 0.305. The Bertz CT molecular complexity index is 1430. The number of hydrogen-bond acceptors (Lipinski definition) is 8. The molecule has 0 fully saturated rings. The number of fused-ring (bicyclic) bond motifs is 1. The van der Waals surface area contributed by atoms with Gasteiger partial charge in [-0.3, -0.25) is 4.79 Å². The lowest BCUT2D eigenvalue weighted by atomic mass is 10.1. The van der Waals surface area contributed by atoms with Crippen molar-refractivity contribution in [1.29, 1.82) is 0 Å². The van der Waals surface area contributed by atoms with Gasteiger partial charge in [-0.2, -0.15) is 0 Å². The molecule has 0 bridgehead atoms. The average Bonchev–Trinajstić information content (AvgIpc) is 3.27. The van der Waals surface area contributed by atoms with Crippen molar-refractivity contribution in [3.63, 3.8) is 0 Å². The van der Waals surface area contributed by atoms with E-state index in [0.29, 0.717) is 23.1 Å². The summed E-state index contributed by atoms with van der Waals surface area (Å²) in [6.07, 6.45) is 6.71. The van der Waals surface area contributed by atoms with Gasteiger partial charge in [0.15, 0.2) is 0 Å². The van der Waals surface area contributed by atoms with Crippen molar-refractivity contribution in [3.05, 3.63) is 61.6 Å². The first-order valence-electron chi connectivity index (χ1n) is 11.8. The summed E-state index contributed by atoms with van der Waals surface area (Å²) < 4.78 is 7.66. The van der Waals surface area contributed by atoms with Crippen LogP contribution in [0.1, 0.15) is 0 Å². The number of pyridine rings is 1. The number of aryl methyl sites for hydroxylation is 1. The summed E-state index contributed by atoms with van der Waals surface area (Å²) in [6, 6.07) is 9.61. The first-order chi connectivity index (χ1) is 17.8. The average molecular weight is 501 g/mol. The smallest absolute Gasteiger partial charge is 0.247 e. The fourth-order valence-electron chi connectivity index (χ4n) is 3.90.